The van der Waals surface area contributed by atoms with Gasteiger partial charge in [0.1, 0.15) is 0 Å². The lowest BCUT2D eigenvalue weighted by atomic mass is 10.2. The van der Waals surface area contributed by atoms with Gasteiger partial charge in [0.25, 0.3) is 5.91 Å². The fraction of sp³-hybridized carbons (Fsp3) is 0.0714. The molecule has 0 aliphatic heterocycles. The Kier molecular flexibility index (Phi) is 3.15. The summed E-state index contributed by atoms with van der Waals surface area (Å²) in [6.45, 7) is 1.99. The van der Waals surface area contributed by atoms with E-state index in [9.17, 15) is 9.18 Å². The fourth-order valence-electron chi connectivity index (χ4n) is 1.81. The van der Waals surface area contributed by atoms with Crippen molar-refractivity contribution in [3.05, 3.63) is 53.6 Å². The Balaban J connectivity index is 1.89. The van der Waals surface area contributed by atoms with E-state index in [1.54, 1.807) is 0 Å². The fourth-order valence-corrected chi connectivity index (χ4v) is 2.77. The molecule has 0 bridgehead atoms. The number of thiazole rings is 1. The number of halogens is 1. The minimum atomic E-state index is -0.651. The van der Waals surface area contributed by atoms with Gasteiger partial charge >= 0.3 is 0 Å². The molecule has 1 amide bonds. The van der Waals surface area contributed by atoms with Crippen LogP contribution in [0.4, 0.5) is 9.52 Å². The number of hydrogen-bond donors (Lipinski definition) is 1. The first kappa shape index (κ1) is 12.7. The van der Waals surface area contributed by atoms with Crippen molar-refractivity contribution < 1.29 is 9.18 Å². The molecule has 100 valence electrons. The molecule has 3 rings (SSSR count). The van der Waals surface area contributed by atoms with Crippen LogP contribution >= 0.6 is 11.3 Å². The number of hydrogen-bond acceptors (Lipinski definition) is 4. The topological polar surface area (TPSA) is 54.9 Å². The Hall–Kier alpha value is -2.34. The zero-order valence-corrected chi connectivity index (χ0v) is 11.4. The van der Waals surface area contributed by atoms with E-state index in [4.69, 9.17) is 0 Å². The van der Waals surface area contributed by atoms with Gasteiger partial charge in [-0.3, -0.25) is 15.1 Å². The maximum atomic E-state index is 13.5. The molecule has 0 aliphatic carbocycles. The summed E-state index contributed by atoms with van der Waals surface area (Å²) < 4.78 is 14.4. The summed E-state index contributed by atoms with van der Waals surface area (Å²) >= 11 is 1.36. The van der Waals surface area contributed by atoms with Crippen molar-refractivity contribution in [2.24, 2.45) is 0 Å². The second-order valence-corrected chi connectivity index (χ2v) is 5.33. The molecule has 0 aliphatic rings. The third-order valence-electron chi connectivity index (χ3n) is 2.78. The summed E-state index contributed by atoms with van der Waals surface area (Å²) in [5.41, 5.74) is 1.89. The van der Waals surface area contributed by atoms with Crippen LogP contribution in [0.3, 0.4) is 0 Å². The largest absolute Gasteiger partial charge is 0.298 e. The number of nitrogens with one attached hydrogen (secondary N) is 1. The van der Waals surface area contributed by atoms with Gasteiger partial charge in [-0.15, -0.1) is 0 Å². The average Bonchev–Trinajstić information content (AvgIpc) is 2.80. The highest BCUT2D eigenvalue weighted by atomic mass is 32.1. The molecule has 0 spiro atoms. The van der Waals surface area contributed by atoms with Crippen LogP contribution in [0.25, 0.3) is 10.2 Å². The standard InChI is InChI=1S/C14H10FN3OS/c1-8-2-3-11-12(6-8)20-14(17-11)18-13(19)9-4-5-16-7-10(9)15/h2-7H,1H3,(H,17,18,19). The smallest absolute Gasteiger partial charge is 0.260 e. The van der Waals surface area contributed by atoms with Gasteiger partial charge in [-0.25, -0.2) is 9.37 Å². The molecule has 0 saturated heterocycles. The van der Waals surface area contributed by atoms with Gasteiger partial charge in [0, 0.05) is 6.20 Å². The van der Waals surface area contributed by atoms with E-state index in [1.807, 2.05) is 25.1 Å². The predicted molar refractivity (Wildman–Crippen MR) is 76.5 cm³/mol. The number of nitrogens with zero attached hydrogens (tertiary/aromatic N) is 2. The Bertz CT molecular complexity index is 800. The monoisotopic (exact) mass is 287 g/mol. The van der Waals surface area contributed by atoms with Crippen LogP contribution < -0.4 is 5.32 Å². The molecular formula is C14H10FN3OS. The predicted octanol–water partition coefficient (Wildman–Crippen LogP) is 3.39. The normalized spacial score (nSPS) is 10.7. The molecule has 3 aromatic rings. The molecule has 2 aromatic heterocycles. The first-order valence-corrected chi connectivity index (χ1v) is 6.73. The SMILES string of the molecule is Cc1ccc2nc(NC(=O)c3ccncc3F)sc2c1. The Morgan fingerprint density at radius 2 is 2.20 bits per heavy atom. The lowest BCUT2D eigenvalue weighted by Gasteiger charge is -2.01. The molecule has 0 fully saturated rings. The highest BCUT2D eigenvalue weighted by Crippen LogP contribution is 2.27. The van der Waals surface area contributed by atoms with Crippen molar-refractivity contribution in [2.75, 3.05) is 5.32 Å². The summed E-state index contributed by atoms with van der Waals surface area (Å²) in [6, 6.07) is 7.18. The number of aromatic nitrogens is 2. The average molecular weight is 287 g/mol. The summed E-state index contributed by atoms with van der Waals surface area (Å²) in [6.07, 6.45) is 2.39. The second-order valence-electron chi connectivity index (χ2n) is 4.30. The van der Waals surface area contributed by atoms with Gasteiger partial charge in [-0.05, 0) is 30.7 Å². The van der Waals surface area contributed by atoms with Crippen molar-refractivity contribution in [1.29, 1.82) is 0 Å². The number of fused-ring (bicyclic) bond motifs is 1. The van der Waals surface area contributed by atoms with Crippen molar-refractivity contribution in [3.8, 4) is 0 Å². The molecule has 4 nitrogen and oxygen atoms in total. The molecule has 0 unspecified atom stereocenters. The molecule has 0 atom stereocenters. The van der Waals surface area contributed by atoms with Crippen molar-refractivity contribution in [3.63, 3.8) is 0 Å². The van der Waals surface area contributed by atoms with Gasteiger partial charge < -0.3 is 0 Å². The molecule has 0 radical (unpaired) electrons. The Labute approximate surface area is 118 Å². The number of benzene rings is 1. The Morgan fingerprint density at radius 3 is 3.00 bits per heavy atom. The van der Waals surface area contributed by atoms with Gasteiger partial charge in [0.15, 0.2) is 10.9 Å². The number of rotatable bonds is 2. The number of pyridine rings is 1. The molecule has 2 heterocycles. The van der Waals surface area contributed by atoms with Crippen LogP contribution in [-0.2, 0) is 0 Å². The van der Waals surface area contributed by atoms with E-state index in [-0.39, 0.29) is 5.56 Å². The third kappa shape index (κ3) is 2.37. The van der Waals surface area contributed by atoms with Crippen LogP contribution in [-0.4, -0.2) is 15.9 Å². The van der Waals surface area contributed by atoms with Crippen LogP contribution in [0, 0.1) is 12.7 Å². The molecule has 1 N–H and O–H groups in total. The second kappa shape index (κ2) is 4.97. The van der Waals surface area contributed by atoms with Crippen molar-refractivity contribution >= 4 is 32.6 Å². The summed E-state index contributed by atoms with van der Waals surface area (Å²) in [7, 11) is 0. The van der Waals surface area contributed by atoms with E-state index in [0.717, 1.165) is 22.0 Å². The van der Waals surface area contributed by atoms with E-state index in [2.05, 4.69) is 15.3 Å². The zero-order chi connectivity index (χ0) is 14.1. The van der Waals surface area contributed by atoms with Gasteiger partial charge in [0.2, 0.25) is 0 Å². The number of aryl methyl sites for hydroxylation is 1. The first-order valence-electron chi connectivity index (χ1n) is 5.91. The van der Waals surface area contributed by atoms with E-state index in [0.29, 0.717) is 5.13 Å². The summed E-state index contributed by atoms with van der Waals surface area (Å²) in [5.74, 6) is -1.18. The molecule has 20 heavy (non-hydrogen) atoms. The van der Waals surface area contributed by atoms with Crippen molar-refractivity contribution in [1.82, 2.24) is 9.97 Å². The minimum absolute atomic E-state index is 0.0459. The number of amides is 1. The molecule has 1 aromatic carbocycles. The van der Waals surface area contributed by atoms with Crippen molar-refractivity contribution in [2.45, 2.75) is 6.92 Å². The number of carbonyl (C=O) groups excluding carboxylic acids is 1. The molecule has 6 heteroatoms. The van der Waals surface area contributed by atoms with E-state index >= 15 is 0 Å². The number of anilines is 1. The third-order valence-corrected chi connectivity index (χ3v) is 3.72. The van der Waals surface area contributed by atoms with Gasteiger partial charge in [-0.2, -0.15) is 0 Å². The van der Waals surface area contributed by atoms with E-state index in [1.165, 1.54) is 23.6 Å². The molecular weight excluding hydrogens is 277 g/mol. The maximum Gasteiger partial charge on any atom is 0.260 e. The lowest BCUT2D eigenvalue weighted by molar-refractivity contribution is 0.102. The van der Waals surface area contributed by atoms with Crippen LogP contribution in [0.2, 0.25) is 0 Å². The highest BCUT2D eigenvalue weighted by molar-refractivity contribution is 7.22. The van der Waals surface area contributed by atoms with E-state index < -0.39 is 11.7 Å². The van der Waals surface area contributed by atoms with Crippen LogP contribution in [0.1, 0.15) is 15.9 Å². The van der Waals surface area contributed by atoms with Crippen LogP contribution in [0.5, 0.6) is 0 Å². The molecule has 0 saturated carbocycles. The quantitative estimate of drug-likeness (QED) is 0.786. The van der Waals surface area contributed by atoms with Crippen LogP contribution in [0.15, 0.2) is 36.7 Å². The minimum Gasteiger partial charge on any atom is -0.298 e. The zero-order valence-electron chi connectivity index (χ0n) is 10.6. The number of carbonyl (C=O) groups is 1. The van der Waals surface area contributed by atoms with Gasteiger partial charge in [0.05, 0.1) is 22.0 Å². The summed E-state index contributed by atoms with van der Waals surface area (Å²) in [5, 5.41) is 3.06. The first-order chi connectivity index (χ1) is 9.63. The summed E-state index contributed by atoms with van der Waals surface area (Å²) in [4.78, 5) is 19.9. The Morgan fingerprint density at radius 1 is 1.35 bits per heavy atom. The highest BCUT2D eigenvalue weighted by Gasteiger charge is 2.13. The van der Waals surface area contributed by atoms with Gasteiger partial charge in [-0.1, -0.05) is 17.4 Å². The lowest BCUT2D eigenvalue weighted by Crippen LogP contribution is -2.13. The maximum absolute atomic E-state index is 13.5.